The van der Waals surface area contributed by atoms with E-state index in [4.69, 9.17) is 15.0 Å². The molecule has 0 bridgehead atoms. The standard InChI is InChI=1S/C45H34N4/c1-2-5-14-34(15-6-3-1)43-46-44(35-16-7-4-8-17-35)48-45(47-43)36-23-21-31(22-24-36)32-25-28-37(29-26-32)49-40-20-12-11-19-39(40)42-38-18-10-9-13-33(38)27-30-41(42)49/h2,4-5,7-8,11-12,14,16-17,19-30H,1,9-10,13,15,18H2/b5-2-,34-14+. The number of nitrogens with zero attached hydrogens (tertiary/aromatic N) is 4. The highest BCUT2D eigenvalue weighted by molar-refractivity contribution is 6.11. The van der Waals surface area contributed by atoms with Crippen molar-refractivity contribution in [2.75, 3.05) is 0 Å². The molecular formula is C45H34N4. The van der Waals surface area contributed by atoms with E-state index in [1.165, 1.54) is 64.3 Å². The fourth-order valence-electron chi connectivity index (χ4n) is 7.32. The summed E-state index contributed by atoms with van der Waals surface area (Å²) < 4.78 is 2.43. The molecule has 0 N–H and O–H groups in total. The third-order valence-electron chi connectivity index (χ3n) is 9.78. The van der Waals surface area contributed by atoms with Crippen molar-refractivity contribution < 1.29 is 0 Å². The van der Waals surface area contributed by atoms with Crippen LogP contribution in [0.2, 0.25) is 0 Å². The fraction of sp³-hybridized carbons (Fsp3) is 0.133. The van der Waals surface area contributed by atoms with Gasteiger partial charge in [-0.3, -0.25) is 0 Å². The van der Waals surface area contributed by atoms with E-state index >= 15 is 0 Å². The van der Waals surface area contributed by atoms with Crippen molar-refractivity contribution in [2.24, 2.45) is 0 Å². The highest BCUT2D eigenvalue weighted by Gasteiger charge is 2.20. The van der Waals surface area contributed by atoms with Crippen LogP contribution in [0.1, 0.15) is 42.6 Å². The highest BCUT2D eigenvalue weighted by Crippen LogP contribution is 2.38. The van der Waals surface area contributed by atoms with Gasteiger partial charge in [0, 0.05) is 46.0 Å². The second kappa shape index (κ2) is 12.5. The first-order valence-electron chi connectivity index (χ1n) is 17.2. The number of benzene rings is 5. The zero-order valence-electron chi connectivity index (χ0n) is 27.2. The predicted molar refractivity (Wildman–Crippen MR) is 201 cm³/mol. The Hall–Kier alpha value is -6.05. The van der Waals surface area contributed by atoms with Crippen LogP contribution in [0.5, 0.6) is 0 Å². The Balaban J connectivity index is 1.06. The van der Waals surface area contributed by atoms with E-state index in [2.05, 4.69) is 113 Å². The van der Waals surface area contributed by atoms with Gasteiger partial charge in [-0.1, -0.05) is 121 Å². The highest BCUT2D eigenvalue weighted by atomic mass is 15.0. The predicted octanol–water partition coefficient (Wildman–Crippen LogP) is 10.6. The topological polar surface area (TPSA) is 43.6 Å². The van der Waals surface area contributed by atoms with Crippen LogP contribution in [0.15, 0.2) is 133 Å². The maximum Gasteiger partial charge on any atom is 0.164 e. The van der Waals surface area contributed by atoms with Crippen molar-refractivity contribution in [3.05, 3.63) is 150 Å². The molecule has 2 aliphatic carbocycles. The molecule has 49 heavy (non-hydrogen) atoms. The normalized spacial score (nSPS) is 15.8. The van der Waals surface area contributed by atoms with Crippen molar-refractivity contribution in [3.8, 4) is 51.4 Å². The lowest BCUT2D eigenvalue weighted by Crippen LogP contribution is -2.03. The Kier molecular flexibility index (Phi) is 7.44. The maximum absolute atomic E-state index is 4.95. The first-order valence-corrected chi connectivity index (χ1v) is 17.2. The molecule has 4 heteroatoms. The molecule has 5 aromatic carbocycles. The van der Waals surface area contributed by atoms with Crippen LogP contribution in [0.25, 0.3) is 67.0 Å². The molecule has 2 heterocycles. The Morgan fingerprint density at radius 3 is 2.04 bits per heavy atom. The molecule has 7 aromatic rings. The lowest BCUT2D eigenvalue weighted by molar-refractivity contribution is 0.690. The minimum atomic E-state index is 0.605. The van der Waals surface area contributed by atoms with E-state index < -0.39 is 0 Å². The molecule has 0 atom stereocenters. The van der Waals surface area contributed by atoms with E-state index in [9.17, 15) is 0 Å². The van der Waals surface area contributed by atoms with Gasteiger partial charge < -0.3 is 4.57 Å². The summed E-state index contributed by atoms with van der Waals surface area (Å²) in [5.41, 5.74) is 12.0. The molecule has 0 amide bonds. The zero-order chi connectivity index (χ0) is 32.6. The van der Waals surface area contributed by atoms with E-state index in [0.717, 1.165) is 28.7 Å². The summed E-state index contributed by atoms with van der Waals surface area (Å²) >= 11 is 0. The summed E-state index contributed by atoms with van der Waals surface area (Å²) in [6.45, 7) is 0. The molecule has 0 saturated heterocycles. The first-order chi connectivity index (χ1) is 24.3. The van der Waals surface area contributed by atoms with Crippen molar-refractivity contribution in [1.29, 1.82) is 0 Å². The van der Waals surface area contributed by atoms with Crippen LogP contribution in [0.3, 0.4) is 0 Å². The number of fused-ring (bicyclic) bond motifs is 5. The minimum Gasteiger partial charge on any atom is -0.309 e. The van der Waals surface area contributed by atoms with E-state index in [1.54, 1.807) is 5.56 Å². The minimum absolute atomic E-state index is 0.605. The molecule has 9 rings (SSSR count). The molecule has 4 nitrogen and oxygen atoms in total. The lowest BCUT2D eigenvalue weighted by Gasteiger charge is -2.17. The van der Waals surface area contributed by atoms with Gasteiger partial charge in [0.05, 0.1) is 11.0 Å². The smallest absolute Gasteiger partial charge is 0.164 e. The largest absolute Gasteiger partial charge is 0.309 e. The molecule has 234 valence electrons. The average Bonchev–Trinajstić information content (AvgIpc) is 3.50. The average molecular weight is 631 g/mol. The van der Waals surface area contributed by atoms with Gasteiger partial charge in [-0.25, -0.2) is 15.0 Å². The summed E-state index contributed by atoms with van der Waals surface area (Å²) in [6.07, 6.45) is 12.5. The monoisotopic (exact) mass is 630 g/mol. The van der Waals surface area contributed by atoms with Crippen LogP contribution in [-0.4, -0.2) is 19.5 Å². The number of aryl methyl sites for hydroxylation is 2. The van der Waals surface area contributed by atoms with Gasteiger partial charge in [-0.05, 0) is 72.2 Å². The van der Waals surface area contributed by atoms with Crippen LogP contribution >= 0.6 is 0 Å². The van der Waals surface area contributed by atoms with Gasteiger partial charge in [0.25, 0.3) is 0 Å². The van der Waals surface area contributed by atoms with E-state index in [0.29, 0.717) is 23.9 Å². The molecule has 0 spiro atoms. The van der Waals surface area contributed by atoms with Crippen molar-refractivity contribution >= 4 is 27.4 Å². The summed E-state index contributed by atoms with van der Waals surface area (Å²) in [5, 5.41) is 2.78. The number of para-hydroxylation sites is 1. The van der Waals surface area contributed by atoms with Crippen molar-refractivity contribution in [3.63, 3.8) is 0 Å². The Morgan fingerprint density at radius 2 is 1.22 bits per heavy atom. The number of aromatic nitrogens is 4. The van der Waals surface area contributed by atoms with Crippen molar-refractivity contribution in [1.82, 2.24) is 19.5 Å². The van der Waals surface area contributed by atoms with E-state index in [-0.39, 0.29) is 0 Å². The van der Waals surface area contributed by atoms with Crippen molar-refractivity contribution in [2.45, 2.75) is 38.5 Å². The first kappa shape index (κ1) is 29.1. The summed E-state index contributed by atoms with van der Waals surface area (Å²) in [6, 6.07) is 41.2. The SMILES string of the molecule is C1#CC/C(c2nc(-c3ccccc3)nc(-c3ccc(-c4ccc(-n5c6ccccc6c6c7c(ccc65)CCCC7)cc4)cc3)n2)=C\C=C/C1. The Morgan fingerprint density at radius 1 is 0.551 bits per heavy atom. The number of rotatable bonds is 5. The lowest BCUT2D eigenvalue weighted by atomic mass is 9.88. The molecule has 0 aliphatic heterocycles. The van der Waals surface area contributed by atoms with Gasteiger partial charge in [0.1, 0.15) is 0 Å². The van der Waals surface area contributed by atoms with Gasteiger partial charge in [-0.2, -0.15) is 0 Å². The molecule has 2 aromatic heterocycles. The molecule has 0 unspecified atom stereocenters. The van der Waals surface area contributed by atoms with Gasteiger partial charge >= 0.3 is 0 Å². The number of hydrogen-bond donors (Lipinski definition) is 0. The second-order valence-corrected chi connectivity index (χ2v) is 12.8. The Labute approximate surface area is 286 Å². The summed E-state index contributed by atoms with van der Waals surface area (Å²) in [4.78, 5) is 14.8. The molecule has 0 saturated carbocycles. The van der Waals surface area contributed by atoms with Crippen LogP contribution < -0.4 is 0 Å². The molecular weight excluding hydrogens is 597 g/mol. The van der Waals surface area contributed by atoms with Crippen LogP contribution in [0.4, 0.5) is 0 Å². The van der Waals surface area contributed by atoms with E-state index in [1.807, 2.05) is 36.4 Å². The molecule has 0 radical (unpaired) electrons. The third-order valence-corrected chi connectivity index (χ3v) is 9.78. The quantitative estimate of drug-likeness (QED) is 0.178. The van der Waals surface area contributed by atoms with Gasteiger partial charge in [0.15, 0.2) is 17.5 Å². The molecule has 2 aliphatic rings. The summed E-state index contributed by atoms with van der Waals surface area (Å²) in [5.74, 6) is 8.41. The number of hydrogen-bond acceptors (Lipinski definition) is 3. The van der Waals surface area contributed by atoms with Crippen LogP contribution in [0, 0.1) is 11.8 Å². The number of allylic oxidation sites excluding steroid dienone is 4. The summed E-state index contributed by atoms with van der Waals surface area (Å²) in [7, 11) is 0. The van der Waals surface area contributed by atoms with Gasteiger partial charge in [0.2, 0.25) is 0 Å². The van der Waals surface area contributed by atoms with Gasteiger partial charge in [-0.15, -0.1) is 0 Å². The Bertz CT molecular complexity index is 2470. The maximum atomic E-state index is 4.95. The zero-order valence-corrected chi connectivity index (χ0v) is 27.2. The third kappa shape index (κ3) is 5.44. The van der Waals surface area contributed by atoms with Crippen LogP contribution in [-0.2, 0) is 12.8 Å². The molecule has 0 fully saturated rings. The second-order valence-electron chi connectivity index (χ2n) is 12.8. The fourth-order valence-corrected chi connectivity index (χ4v) is 7.32.